The van der Waals surface area contributed by atoms with E-state index in [1.807, 2.05) is 0 Å². The molecule has 2 rings (SSSR count). The third-order valence-corrected chi connectivity index (χ3v) is 3.22. The summed E-state index contributed by atoms with van der Waals surface area (Å²) in [6, 6.07) is -0.346. The van der Waals surface area contributed by atoms with E-state index in [0.29, 0.717) is 13.0 Å². The van der Waals surface area contributed by atoms with Crippen LogP contribution in [-0.4, -0.2) is 34.3 Å². The van der Waals surface area contributed by atoms with Gasteiger partial charge in [-0.15, -0.1) is 23.2 Å². The van der Waals surface area contributed by atoms with E-state index in [1.165, 1.54) is 0 Å². The van der Waals surface area contributed by atoms with Crippen LogP contribution in [0.1, 0.15) is 6.42 Å². The Bertz CT molecular complexity index is 264. The predicted molar refractivity (Wildman–Crippen MR) is 47.7 cm³/mol. The maximum absolute atomic E-state index is 11.1. The summed E-state index contributed by atoms with van der Waals surface area (Å²) in [7, 11) is 0. The second-order valence-corrected chi connectivity index (χ2v) is 4.87. The molecule has 0 spiro atoms. The second kappa shape index (κ2) is 2.75. The lowest BCUT2D eigenvalue weighted by molar-refractivity contribution is -0.125. The first-order chi connectivity index (χ1) is 6.00. The van der Waals surface area contributed by atoms with E-state index in [1.54, 1.807) is 0 Å². The molecule has 0 aromatic carbocycles. The number of rotatable bonds is 2. The fourth-order valence-corrected chi connectivity index (χ4v) is 1.84. The summed E-state index contributed by atoms with van der Waals surface area (Å²) in [5.74, 6) is -0.176. The largest absolute Gasteiger partial charge is 0.329 e. The van der Waals surface area contributed by atoms with Crippen LogP contribution in [0.5, 0.6) is 0 Å². The number of nitrogens with one attached hydrogen (secondary N) is 1. The van der Waals surface area contributed by atoms with Crippen LogP contribution in [-0.2, 0) is 4.79 Å². The molecule has 1 N–H and O–H groups in total. The van der Waals surface area contributed by atoms with Crippen LogP contribution >= 0.6 is 23.2 Å². The number of amides is 3. The first kappa shape index (κ1) is 9.09. The number of carbonyl (C=O) groups excluding carboxylic acids is 2. The van der Waals surface area contributed by atoms with Gasteiger partial charge in [-0.25, -0.2) is 4.79 Å². The van der Waals surface area contributed by atoms with Gasteiger partial charge in [-0.3, -0.25) is 9.69 Å². The minimum atomic E-state index is -0.733. The summed E-state index contributed by atoms with van der Waals surface area (Å²) in [4.78, 5) is 23.3. The van der Waals surface area contributed by atoms with Gasteiger partial charge >= 0.3 is 6.03 Å². The van der Waals surface area contributed by atoms with E-state index < -0.39 is 4.33 Å². The number of alkyl halides is 2. The molecule has 2 fully saturated rings. The first-order valence-electron chi connectivity index (χ1n) is 3.97. The third-order valence-electron chi connectivity index (χ3n) is 2.30. The summed E-state index contributed by atoms with van der Waals surface area (Å²) < 4.78 is -0.733. The normalized spacial score (nSPS) is 30.6. The Kier molecular flexibility index (Phi) is 1.92. The molecule has 1 saturated carbocycles. The van der Waals surface area contributed by atoms with E-state index in [4.69, 9.17) is 23.2 Å². The average molecular weight is 223 g/mol. The van der Waals surface area contributed by atoms with Crippen molar-refractivity contribution < 1.29 is 9.59 Å². The average Bonchev–Trinajstić information content (AvgIpc) is 2.52. The Morgan fingerprint density at radius 1 is 1.54 bits per heavy atom. The third kappa shape index (κ3) is 1.60. The SMILES string of the molecule is O=C1CNC(=O)N1C[C@@H]1CC1(Cl)Cl. The molecule has 0 unspecified atom stereocenters. The highest BCUT2D eigenvalue weighted by atomic mass is 35.5. The van der Waals surface area contributed by atoms with Gasteiger partial charge in [-0.05, 0) is 6.42 Å². The lowest BCUT2D eigenvalue weighted by atomic mass is 10.4. The molecule has 0 aromatic rings. The Morgan fingerprint density at radius 2 is 2.15 bits per heavy atom. The fourth-order valence-electron chi connectivity index (χ4n) is 1.33. The molecule has 1 heterocycles. The van der Waals surface area contributed by atoms with E-state index in [9.17, 15) is 9.59 Å². The van der Waals surface area contributed by atoms with E-state index in [0.717, 1.165) is 4.90 Å². The van der Waals surface area contributed by atoms with Gasteiger partial charge < -0.3 is 5.32 Å². The van der Waals surface area contributed by atoms with Crippen molar-refractivity contribution >= 4 is 35.1 Å². The molecule has 3 amide bonds. The maximum Gasteiger partial charge on any atom is 0.324 e. The minimum absolute atomic E-state index is 0.0311. The lowest BCUT2D eigenvalue weighted by Gasteiger charge is -2.11. The molecule has 0 bridgehead atoms. The number of carbonyl (C=O) groups is 2. The molecular weight excluding hydrogens is 215 g/mol. The van der Waals surface area contributed by atoms with Gasteiger partial charge in [0.1, 0.15) is 4.33 Å². The highest BCUT2D eigenvalue weighted by molar-refractivity contribution is 6.50. The van der Waals surface area contributed by atoms with Crippen LogP contribution in [0.25, 0.3) is 0 Å². The van der Waals surface area contributed by atoms with Crippen LogP contribution < -0.4 is 5.32 Å². The van der Waals surface area contributed by atoms with E-state index >= 15 is 0 Å². The molecule has 2 aliphatic rings. The Hall–Kier alpha value is -0.480. The van der Waals surface area contributed by atoms with Gasteiger partial charge in [-0.1, -0.05) is 0 Å². The van der Waals surface area contributed by atoms with Gasteiger partial charge in [0.2, 0.25) is 5.91 Å². The van der Waals surface area contributed by atoms with Crippen molar-refractivity contribution in [3.8, 4) is 0 Å². The number of nitrogens with zero attached hydrogens (tertiary/aromatic N) is 1. The van der Waals surface area contributed by atoms with Crippen molar-refractivity contribution in [1.82, 2.24) is 10.2 Å². The maximum atomic E-state index is 11.1. The van der Waals surface area contributed by atoms with Crippen LogP contribution in [0, 0.1) is 5.92 Å². The van der Waals surface area contributed by atoms with Crippen molar-refractivity contribution in [3.05, 3.63) is 0 Å². The molecule has 0 aromatic heterocycles. The number of halogens is 2. The zero-order chi connectivity index (χ0) is 9.64. The summed E-state index contributed by atoms with van der Waals surface area (Å²) in [5.41, 5.74) is 0. The Morgan fingerprint density at radius 3 is 2.54 bits per heavy atom. The molecule has 0 radical (unpaired) electrons. The summed E-state index contributed by atoms with van der Waals surface area (Å²) in [6.07, 6.45) is 0.646. The first-order valence-corrected chi connectivity index (χ1v) is 4.72. The van der Waals surface area contributed by atoms with E-state index in [-0.39, 0.29) is 24.4 Å². The molecule has 6 heteroatoms. The zero-order valence-corrected chi connectivity index (χ0v) is 8.23. The number of hydrogen-bond donors (Lipinski definition) is 1. The standard InChI is InChI=1S/C7H8Cl2N2O2/c8-7(9)1-4(7)3-11-5(12)2-10-6(11)13/h4H,1-3H2,(H,10,13)/t4-/m0/s1. The summed E-state index contributed by atoms with van der Waals surface area (Å²) in [6.45, 7) is 0.417. The summed E-state index contributed by atoms with van der Waals surface area (Å²) >= 11 is 11.6. The predicted octanol–water partition coefficient (Wildman–Crippen LogP) is 0.732. The number of urea groups is 1. The molecule has 1 aliphatic heterocycles. The fraction of sp³-hybridized carbons (Fsp3) is 0.714. The van der Waals surface area contributed by atoms with Gasteiger partial charge in [0.05, 0.1) is 6.54 Å². The topological polar surface area (TPSA) is 49.4 Å². The molecule has 13 heavy (non-hydrogen) atoms. The van der Waals surface area contributed by atoms with Crippen molar-refractivity contribution in [2.45, 2.75) is 10.8 Å². The highest BCUT2D eigenvalue weighted by Gasteiger charge is 2.53. The van der Waals surface area contributed by atoms with Crippen LogP contribution in [0.2, 0.25) is 0 Å². The minimum Gasteiger partial charge on any atom is -0.329 e. The van der Waals surface area contributed by atoms with Crippen molar-refractivity contribution in [1.29, 1.82) is 0 Å². The van der Waals surface area contributed by atoms with Crippen LogP contribution in [0.4, 0.5) is 4.79 Å². The van der Waals surface area contributed by atoms with Crippen molar-refractivity contribution in [2.75, 3.05) is 13.1 Å². The second-order valence-electron chi connectivity index (χ2n) is 3.33. The monoisotopic (exact) mass is 222 g/mol. The quantitative estimate of drug-likeness (QED) is 0.554. The smallest absolute Gasteiger partial charge is 0.324 e. The number of imide groups is 1. The summed E-state index contributed by atoms with van der Waals surface area (Å²) in [5, 5.41) is 2.43. The van der Waals surface area contributed by atoms with Crippen molar-refractivity contribution in [2.24, 2.45) is 5.92 Å². The Labute approximate surface area is 85.2 Å². The molecule has 4 nitrogen and oxygen atoms in total. The molecular formula is C7H8Cl2N2O2. The lowest BCUT2D eigenvalue weighted by Crippen LogP contribution is -2.33. The molecule has 72 valence electrons. The molecule has 1 aliphatic carbocycles. The van der Waals surface area contributed by atoms with Gasteiger partial charge in [-0.2, -0.15) is 0 Å². The highest BCUT2D eigenvalue weighted by Crippen LogP contribution is 2.53. The molecule has 1 atom stereocenters. The van der Waals surface area contributed by atoms with Gasteiger partial charge in [0.15, 0.2) is 0 Å². The number of hydrogen-bond acceptors (Lipinski definition) is 2. The van der Waals surface area contributed by atoms with Crippen LogP contribution in [0.15, 0.2) is 0 Å². The Balaban J connectivity index is 1.95. The van der Waals surface area contributed by atoms with E-state index in [2.05, 4.69) is 5.32 Å². The van der Waals surface area contributed by atoms with Crippen molar-refractivity contribution in [3.63, 3.8) is 0 Å². The van der Waals surface area contributed by atoms with Gasteiger partial charge in [0, 0.05) is 12.5 Å². The van der Waals surface area contributed by atoms with Gasteiger partial charge in [0.25, 0.3) is 0 Å². The van der Waals surface area contributed by atoms with Crippen LogP contribution in [0.3, 0.4) is 0 Å². The molecule has 1 saturated heterocycles. The zero-order valence-electron chi connectivity index (χ0n) is 6.72.